The van der Waals surface area contributed by atoms with Crippen molar-refractivity contribution in [3.63, 3.8) is 0 Å². The quantitative estimate of drug-likeness (QED) is 0.428. The summed E-state index contributed by atoms with van der Waals surface area (Å²) in [4.78, 5) is 28.7. The fourth-order valence-electron chi connectivity index (χ4n) is 4.48. The Morgan fingerprint density at radius 1 is 0.914 bits per heavy atom. The molecule has 1 aliphatic rings. The Hall–Kier alpha value is -3.48. The Morgan fingerprint density at radius 2 is 1.57 bits per heavy atom. The number of benzene rings is 3. The van der Waals surface area contributed by atoms with Gasteiger partial charge in [-0.2, -0.15) is 0 Å². The zero-order valence-corrected chi connectivity index (χ0v) is 20.0. The normalized spacial score (nSPS) is 14.0. The number of urea groups is 1. The number of anilines is 1. The number of morpholine rings is 1. The lowest BCUT2D eigenvalue weighted by atomic mass is 9.88. The summed E-state index contributed by atoms with van der Waals surface area (Å²) in [5.41, 5.74) is 3.64. The van der Waals surface area contributed by atoms with Gasteiger partial charge in [0.05, 0.1) is 13.2 Å². The summed E-state index contributed by atoms with van der Waals surface area (Å²) in [6.07, 6.45) is 1.59. The van der Waals surface area contributed by atoms with E-state index in [1.807, 2.05) is 23.1 Å². The van der Waals surface area contributed by atoms with Crippen molar-refractivity contribution in [2.75, 3.05) is 51.3 Å². The number of nitrogens with zero attached hydrogens (tertiary/aromatic N) is 2. The molecule has 1 aliphatic heterocycles. The molecule has 0 radical (unpaired) electrons. The van der Waals surface area contributed by atoms with Crippen LogP contribution < -0.4 is 5.32 Å². The van der Waals surface area contributed by atoms with Gasteiger partial charge in [-0.3, -0.25) is 9.69 Å². The second kappa shape index (κ2) is 12.8. The number of carbonyl (C=O) groups excluding carboxylic acids is 2. The van der Waals surface area contributed by atoms with Gasteiger partial charge in [-0.1, -0.05) is 72.8 Å². The molecule has 3 aromatic carbocycles. The number of aldehydes is 1. The molecule has 6 heteroatoms. The van der Waals surface area contributed by atoms with Gasteiger partial charge in [-0.25, -0.2) is 4.79 Å². The zero-order chi connectivity index (χ0) is 24.3. The number of hydrogen-bond donors (Lipinski definition) is 1. The van der Waals surface area contributed by atoms with Crippen LogP contribution in [0.25, 0.3) is 0 Å². The van der Waals surface area contributed by atoms with E-state index in [9.17, 15) is 9.59 Å². The van der Waals surface area contributed by atoms with Crippen LogP contribution in [-0.4, -0.2) is 68.1 Å². The Morgan fingerprint density at radius 3 is 2.20 bits per heavy atom. The maximum Gasteiger partial charge on any atom is 0.321 e. The first-order chi connectivity index (χ1) is 17.2. The van der Waals surface area contributed by atoms with Crippen molar-refractivity contribution in [2.45, 2.75) is 12.3 Å². The highest BCUT2D eigenvalue weighted by atomic mass is 16.5. The first-order valence-electron chi connectivity index (χ1n) is 12.2. The van der Waals surface area contributed by atoms with E-state index in [2.05, 4.69) is 58.7 Å². The molecule has 0 aromatic heterocycles. The third kappa shape index (κ3) is 7.25. The largest absolute Gasteiger partial charge is 0.379 e. The molecule has 0 atom stereocenters. The van der Waals surface area contributed by atoms with Gasteiger partial charge in [0.25, 0.3) is 0 Å². The van der Waals surface area contributed by atoms with E-state index < -0.39 is 0 Å². The molecule has 1 N–H and O–H groups in total. The van der Waals surface area contributed by atoms with E-state index >= 15 is 0 Å². The first-order valence-corrected chi connectivity index (χ1v) is 12.2. The van der Waals surface area contributed by atoms with Gasteiger partial charge in [0.1, 0.15) is 6.29 Å². The average molecular weight is 472 g/mol. The third-order valence-electron chi connectivity index (χ3n) is 6.44. The topological polar surface area (TPSA) is 61.9 Å². The Kier molecular flexibility index (Phi) is 9.04. The maximum absolute atomic E-state index is 13.4. The van der Waals surface area contributed by atoms with Crippen molar-refractivity contribution in [3.8, 4) is 0 Å². The number of rotatable bonds is 10. The van der Waals surface area contributed by atoms with E-state index in [1.165, 1.54) is 11.1 Å². The predicted octanol–water partition coefficient (Wildman–Crippen LogP) is 4.89. The van der Waals surface area contributed by atoms with Gasteiger partial charge < -0.3 is 15.0 Å². The number of carbonyl (C=O) groups is 2. The Bertz CT molecular complexity index is 1030. The molecule has 6 nitrogen and oxygen atoms in total. The zero-order valence-electron chi connectivity index (χ0n) is 20.0. The number of amides is 2. The van der Waals surface area contributed by atoms with Crippen LogP contribution in [0.3, 0.4) is 0 Å². The molecule has 0 spiro atoms. The molecule has 0 saturated carbocycles. The SMILES string of the molecule is O=Cc1cccc(NC(=O)N(CCC(c2ccccc2)c2ccccc2)CCN2CCOCC2)c1. The molecule has 1 saturated heterocycles. The highest BCUT2D eigenvalue weighted by Crippen LogP contribution is 2.28. The fourth-order valence-corrected chi connectivity index (χ4v) is 4.48. The molecule has 1 fully saturated rings. The van der Waals surface area contributed by atoms with Gasteiger partial charge in [-0.05, 0) is 29.7 Å². The lowest BCUT2D eigenvalue weighted by Gasteiger charge is -2.31. The van der Waals surface area contributed by atoms with Crippen LogP contribution in [0.5, 0.6) is 0 Å². The molecular weight excluding hydrogens is 438 g/mol. The molecule has 0 unspecified atom stereocenters. The van der Waals surface area contributed by atoms with E-state index in [4.69, 9.17) is 4.74 Å². The lowest BCUT2D eigenvalue weighted by molar-refractivity contribution is 0.0351. The van der Waals surface area contributed by atoms with Crippen LogP contribution in [0.15, 0.2) is 84.9 Å². The standard InChI is InChI=1S/C29H33N3O3/c33-23-24-8-7-13-27(22-24)30-29(34)32(17-16-31-18-20-35-21-19-31)15-14-28(25-9-3-1-4-10-25)26-11-5-2-6-12-26/h1-13,22-23,28H,14-21H2,(H,30,34). The van der Waals surface area contributed by atoms with Crippen molar-refractivity contribution in [1.29, 1.82) is 0 Å². The molecule has 4 rings (SSSR count). The van der Waals surface area contributed by atoms with Crippen molar-refractivity contribution < 1.29 is 14.3 Å². The highest BCUT2D eigenvalue weighted by molar-refractivity contribution is 5.90. The Balaban J connectivity index is 1.49. The monoisotopic (exact) mass is 471 g/mol. The van der Waals surface area contributed by atoms with Crippen LogP contribution in [0.2, 0.25) is 0 Å². The molecule has 2 amide bonds. The van der Waals surface area contributed by atoms with Gasteiger partial charge in [-0.15, -0.1) is 0 Å². The minimum atomic E-state index is -0.152. The number of nitrogens with one attached hydrogen (secondary N) is 1. The van der Waals surface area contributed by atoms with Gasteiger partial charge >= 0.3 is 6.03 Å². The molecule has 182 valence electrons. The summed E-state index contributed by atoms with van der Waals surface area (Å²) in [7, 11) is 0. The number of hydrogen-bond acceptors (Lipinski definition) is 4. The van der Waals surface area contributed by atoms with Gasteiger partial charge in [0.2, 0.25) is 0 Å². The minimum Gasteiger partial charge on any atom is -0.379 e. The predicted molar refractivity (Wildman–Crippen MR) is 139 cm³/mol. The van der Waals surface area contributed by atoms with E-state index in [1.54, 1.807) is 18.2 Å². The highest BCUT2D eigenvalue weighted by Gasteiger charge is 2.20. The van der Waals surface area contributed by atoms with Crippen molar-refractivity contribution >= 4 is 18.0 Å². The summed E-state index contributed by atoms with van der Waals surface area (Å²) in [6.45, 7) is 5.25. The second-order valence-corrected chi connectivity index (χ2v) is 8.78. The van der Waals surface area contributed by atoms with E-state index in [0.29, 0.717) is 24.3 Å². The summed E-state index contributed by atoms with van der Waals surface area (Å²) in [5.74, 6) is 0.189. The third-order valence-corrected chi connectivity index (χ3v) is 6.44. The second-order valence-electron chi connectivity index (χ2n) is 8.78. The molecule has 35 heavy (non-hydrogen) atoms. The van der Waals surface area contributed by atoms with Crippen molar-refractivity contribution in [2.24, 2.45) is 0 Å². The summed E-state index contributed by atoms with van der Waals surface area (Å²) in [5, 5.41) is 2.99. The lowest BCUT2D eigenvalue weighted by Crippen LogP contribution is -2.44. The molecule has 3 aromatic rings. The van der Waals surface area contributed by atoms with Crippen LogP contribution in [-0.2, 0) is 4.74 Å². The summed E-state index contributed by atoms with van der Waals surface area (Å²) in [6, 6.07) is 27.8. The average Bonchev–Trinajstić information content (AvgIpc) is 2.92. The van der Waals surface area contributed by atoms with Crippen LogP contribution >= 0.6 is 0 Å². The summed E-state index contributed by atoms with van der Waals surface area (Å²) >= 11 is 0. The fraction of sp³-hybridized carbons (Fsp3) is 0.310. The van der Waals surface area contributed by atoms with E-state index in [0.717, 1.165) is 45.6 Å². The maximum atomic E-state index is 13.4. The number of ether oxygens (including phenoxy) is 1. The summed E-state index contributed by atoms with van der Waals surface area (Å²) < 4.78 is 5.47. The molecule has 1 heterocycles. The van der Waals surface area contributed by atoms with E-state index in [-0.39, 0.29) is 11.9 Å². The van der Waals surface area contributed by atoms with Crippen molar-refractivity contribution in [3.05, 3.63) is 102 Å². The Labute approximate surface area is 207 Å². The minimum absolute atomic E-state index is 0.152. The van der Waals surface area contributed by atoms with Crippen LogP contribution in [0, 0.1) is 0 Å². The molecular formula is C29H33N3O3. The van der Waals surface area contributed by atoms with Crippen LogP contribution in [0.4, 0.5) is 10.5 Å². The molecule has 0 bridgehead atoms. The van der Waals surface area contributed by atoms with Gasteiger partial charge in [0.15, 0.2) is 0 Å². The van der Waals surface area contributed by atoms with Gasteiger partial charge in [0, 0.05) is 49.9 Å². The first kappa shape index (κ1) is 24.6. The smallest absolute Gasteiger partial charge is 0.321 e. The molecule has 0 aliphatic carbocycles. The van der Waals surface area contributed by atoms with Crippen LogP contribution in [0.1, 0.15) is 33.8 Å². The van der Waals surface area contributed by atoms with Crippen molar-refractivity contribution in [1.82, 2.24) is 9.80 Å².